The van der Waals surface area contributed by atoms with Crippen molar-refractivity contribution in [1.82, 2.24) is 0 Å². The molecule has 0 aromatic carbocycles. The van der Waals surface area contributed by atoms with Gasteiger partial charge in [0.05, 0.1) is 0 Å². The molecule has 0 aromatic rings. The standard InChI is InChI=1S/C35H74N2/c1-15-35(14,37)24-17-21-32(8,9)27-29(33(10,11)22-18-23-34(12,13)36)26-31(6,7)20-16-19-30(4,5)25-28(2)3/h28-29H,15-27,36-37H2,1-14H3. The largest absolute Gasteiger partial charge is 0.326 e. The molecule has 0 heterocycles. The summed E-state index contributed by atoms with van der Waals surface area (Å²) in [5, 5.41) is 0. The van der Waals surface area contributed by atoms with Crippen LogP contribution in [-0.4, -0.2) is 11.1 Å². The van der Waals surface area contributed by atoms with Crippen LogP contribution < -0.4 is 11.5 Å². The van der Waals surface area contributed by atoms with Gasteiger partial charge in [0.15, 0.2) is 0 Å². The predicted molar refractivity (Wildman–Crippen MR) is 170 cm³/mol. The van der Waals surface area contributed by atoms with Crippen molar-refractivity contribution < 1.29 is 0 Å². The molecule has 224 valence electrons. The molecule has 0 aliphatic carbocycles. The normalized spacial score (nSPS) is 16.8. The maximum Gasteiger partial charge on any atom is 0.0123 e. The topological polar surface area (TPSA) is 52.0 Å². The van der Waals surface area contributed by atoms with Gasteiger partial charge < -0.3 is 11.5 Å². The lowest BCUT2D eigenvalue weighted by Gasteiger charge is -2.44. The summed E-state index contributed by atoms with van der Waals surface area (Å²) in [6, 6.07) is 0. The first-order chi connectivity index (χ1) is 16.4. The summed E-state index contributed by atoms with van der Waals surface area (Å²) in [6.45, 7) is 33.7. The van der Waals surface area contributed by atoms with E-state index >= 15 is 0 Å². The fourth-order valence-corrected chi connectivity index (χ4v) is 6.77. The van der Waals surface area contributed by atoms with E-state index in [1.54, 1.807) is 0 Å². The van der Waals surface area contributed by atoms with Crippen LogP contribution in [0.2, 0.25) is 0 Å². The zero-order chi connectivity index (χ0) is 29.3. The van der Waals surface area contributed by atoms with Crippen LogP contribution in [0.25, 0.3) is 0 Å². The predicted octanol–water partition coefficient (Wildman–Crippen LogP) is 10.9. The third-order valence-electron chi connectivity index (χ3n) is 9.42. The maximum atomic E-state index is 6.48. The minimum absolute atomic E-state index is 0.0187. The molecule has 2 heteroatoms. The lowest BCUT2D eigenvalue weighted by atomic mass is 9.61. The van der Waals surface area contributed by atoms with Gasteiger partial charge in [0.25, 0.3) is 0 Å². The van der Waals surface area contributed by atoms with Crippen molar-refractivity contribution in [3.05, 3.63) is 0 Å². The monoisotopic (exact) mass is 523 g/mol. The molecule has 0 saturated heterocycles. The first kappa shape index (κ1) is 36.9. The van der Waals surface area contributed by atoms with Crippen LogP contribution in [0.3, 0.4) is 0 Å². The van der Waals surface area contributed by atoms with Gasteiger partial charge in [0.1, 0.15) is 0 Å². The van der Waals surface area contributed by atoms with Crippen molar-refractivity contribution in [3.8, 4) is 0 Å². The van der Waals surface area contributed by atoms with E-state index in [9.17, 15) is 0 Å². The van der Waals surface area contributed by atoms with Crippen molar-refractivity contribution in [2.24, 2.45) is 45.0 Å². The Hall–Kier alpha value is -0.0800. The second-order valence-electron chi connectivity index (χ2n) is 17.7. The Bertz CT molecular complexity index is 616. The minimum atomic E-state index is -0.0684. The fraction of sp³-hybridized carbons (Fsp3) is 1.00. The minimum Gasteiger partial charge on any atom is -0.326 e. The van der Waals surface area contributed by atoms with Gasteiger partial charge in [-0.1, -0.05) is 95.4 Å². The van der Waals surface area contributed by atoms with Gasteiger partial charge in [-0.3, -0.25) is 0 Å². The van der Waals surface area contributed by atoms with E-state index in [1.807, 2.05) is 0 Å². The molecule has 2 unspecified atom stereocenters. The molecular formula is C35H74N2. The van der Waals surface area contributed by atoms with Crippen LogP contribution in [0.15, 0.2) is 0 Å². The van der Waals surface area contributed by atoms with E-state index in [0.29, 0.717) is 21.7 Å². The Labute approximate surface area is 236 Å². The van der Waals surface area contributed by atoms with E-state index in [0.717, 1.165) is 31.1 Å². The summed E-state index contributed by atoms with van der Waals surface area (Å²) in [4.78, 5) is 0. The van der Waals surface area contributed by atoms with E-state index < -0.39 is 0 Å². The van der Waals surface area contributed by atoms with Crippen molar-refractivity contribution in [1.29, 1.82) is 0 Å². The number of rotatable bonds is 20. The Morgan fingerprint density at radius 1 is 0.514 bits per heavy atom. The molecule has 0 fully saturated rings. The highest BCUT2D eigenvalue weighted by Crippen LogP contribution is 2.48. The molecule has 0 amide bonds. The Morgan fingerprint density at radius 2 is 0.892 bits per heavy atom. The molecule has 0 saturated carbocycles. The van der Waals surface area contributed by atoms with Crippen LogP contribution in [0.5, 0.6) is 0 Å². The zero-order valence-corrected chi connectivity index (χ0v) is 28.5. The fourth-order valence-electron chi connectivity index (χ4n) is 6.77. The Balaban J connectivity index is 5.47. The SMILES string of the molecule is CCC(C)(N)CCCC(C)(C)CC(CC(C)(C)CCCC(C)(C)CC(C)C)C(C)(C)CCCC(C)(C)N. The van der Waals surface area contributed by atoms with Crippen molar-refractivity contribution >= 4 is 0 Å². The molecule has 0 aromatic heterocycles. The van der Waals surface area contributed by atoms with Gasteiger partial charge in [0.2, 0.25) is 0 Å². The average molecular weight is 523 g/mol. The lowest BCUT2D eigenvalue weighted by molar-refractivity contribution is 0.0688. The highest BCUT2D eigenvalue weighted by atomic mass is 14.7. The van der Waals surface area contributed by atoms with Crippen molar-refractivity contribution in [2.75, 3.05) is 0 Å². The molecule has 0 aliphatic heterocycles. The first-order valence-electron chi connectivity index (χ1n) is 16.0. The first-order valence-corrected chi connectivity index (χ1v) is 16.0. The molecule has 2 nitrogen and oxygen atoms in total. The lowest BCUT2D eigenvalue weighted by Crippen LogP contribution is -2.36. The Morgan fingerprint density at radius 3 is 1.27 bits per heavy atom. The molecule has 0 aliphatic rings. The maximum absolute atomic E-state index is 6.48. The molecule has 0 rings (SSSR count). The smallest absolute Gasteiger partial charge is 0.0123 e. The van der Waals surface area contributed by atoms with Crippen LogP contribution in [0.1, 0.15) is 180 Å². The highest BCUT2D eigenvalue weighted by molar-refractivity contribution is 4.89. The molecule has 0 bridgehead atoms. The van der Waals surface area contributed by atoms with E-state index in [1.165, 1.54) is 64.2 Å². The second kappa shape index (κ2) is 14.5. The number of hydrogen-bond donors (Lipinski definition) is 2. The Kier molecular flexibility index (Phi) is 14.5. The van der Waals surface area contributed by atoms with Gasteiger partial charge in [-0.2, -0.15) is 0 Å². The van der Waals surface area contributed by atoms with Crippen LogP contribution in [0, 0.1) is 33.5 Å². The quantitative estimate of drug-likeness (QED) is 0.167. The molecule has 0 spiro atoms. The second-order valence-corrected chi connectivity index (χ2v) is 17.7. The molecule has 0 radical (unpaired) electrons. The molecule has 37 heavy (non-hydrogen) atoms. The van der Waals surface area contributed by atoms with Crippen LogP contribution in [0.4, 0.5) is 0 Å². The summed E-state index contributed by atoms with van der Waals surface area (Å²) in [5.74, 6) is 1.50. The summed E-state index contributed by atoms with van der Waals surface area (Å²) in [5.41, 5.74) is 14.2. The summed E-state index contributed by atoms with van der Waals surface area (Å²) in [7, 11) is 0. The highest BCUT2D eigenvalue weighted by Gasteiger charge is 2.38. The average Bonchev–Trinajstić information content (AvgIpc) is 2.64. The van der Waals surface area contributed by atoms with Gasteiger partial charge in [-0.25, -0.2) is 0 Å². The zero-order valence-electron chi connectivity index (χ0n) is 28.5. The van der Waals surface area contributed by atoms with Gasteiger partial charge >= 0.3 is 0 Å². The number of hydrogen-bond acceptors (Lipinski definition) is 2. The van der Waals surface area contributed by atoms with Gasteiger partial charge in [0, 0.05) is 11.1 Å². The van der Waals surface area contributed by atoms with Crippen LogP contribution >= 0.6 is 0 Å². The van der Waals surface area contributed by atoms with E-state index in [2.05, 4.69) is 96.9 Å². The van der Waals surface area contributed by atoms with Crippen molar-refractivity contribution in [3.63, 3.8) is 0 Å². The third kappa shape index (κ3) is 18.0. The van der Waals surface area contributed by atoms with Crippen LogP contribution in [-0.2, 0) is 0 Å². The number of nitrogens with two attached hydrogens (primary N) is 2. The molecule has 4 N–H and O–H groups in total. The van der Waals surface area contributed by atoms with E-state index in [-0.39, 0.29) is 11.1 Å². The summed E-state index contributed by atoms with van der Waals surface area (Å²) >= 11 is 0. The van der Waals surface area contributed by atoms with E-state index in [4.69, 9.17) is 11.5 Å². The molecule has 2 atom stereocenters. The van der Waals surface area contributed by atoms with Gasteiger partial charge in [-0.15, -0.1) is 0 Å². The molecular weight excluding hydrogens is 448 g/mol. The van der Waals surface area contributed by atoms with Crippen molar-refractivity contribution in [2.45, 2.75) is 191 Å². The summed E-state index contributed by atoms with van der Waals surface area (Å²) < 4.78 is 0. The third-order valence-corrected chi connectivity index (χ3v) is 9.42. The summed E-state index contributed by atoms with van der Waals surface area (Å²) in [6.07, 6.45) is 16.3. The van der Waals surface area contributed by atoms with Gasteiger partial charge in [-0.05, 0) is 118 Å².